The molecule has 1 aliphatic rings. The zero-order valence-corrected chi connectivity index (χ0v) is 15.4. The number of nitrogens with zero attached hydrogens (tertiary/aromatic N) is 1. The Hall–Kier alpha value is -0.490. The summed E-state index contributed by atoms with van der Waals surface area (Å²) in [6.07, 6.45) is 3.84. The largest absolute Gasteiger partial charge is 0.379 e. The van der Waals surface area contributed by atoms with Crippen LogP contribution < -0.4 is 0 Å². The second kappa shape index (κ2) is 11.1. The Morgan fingerprint density at radius 3 is 2.48 bits per heavy atom. The maximum Gasteiger partial charge on any atom is 0.164 e. The van der Waals surface area contributed by atoms with Gasteiger partial charge >= 0.3 is 0 Å². The van der Waals surface area contributed by atoms with Gasteiger partial charge in [0.05, 0.1) is 25.9 Å². The molecule has 23 heavy (non-hydrogen) atoms. The molecule has 5 nitrogen and oxygen atoms in total. The first-order chi connectivity index (χ1) is 10.9. The van der Waals surface area contributed by atoms with Gasteiger partial charge in [0, 0.05) is 32.7 Å². The van der Waals surface area contributed by atoms with Crippen LogP contribution >= 0.6 is 0 Å². The predicted molar refractivity (Wildman–Crippen MR) is 91.9 cm³/mol. The molecule has 0 spiro atoms. The second-order valence-electron chi connectivity index (χ2n) is 6.97. The number of hydrogen-bond donors (Lipinski definition) is 0. The summed E-state index contributed by atoms with van der Waals surface area (Å²) in [6, 6.07) is 0. The zero-order valence-electron chi connectivity index (χ0n) is 15.4. The molecule has 1 rings (SSSR count). The van der Waals surface area contributed by atoms with E-state index in [1.807, 2.05) is 27.7 Å². The quantitative estimate of drug-likeness (QED) is 0.515. The topological polar surface area (TPSA) is 48.0 Å². The van der Waals surface area contributed by atoms with Crippen LogP contribution in [0.4, 0.5) is 0 Å². The molecule has 0 aromatic carbocycles. The lowest BCUT2D eigenvalue weighted by Gasteiger charge is -2.29. The first kappa shape index (κ1) is 20.6. The lowest BCUT2D eigenvalue weighted by Crippen LogP contribution is -2.41. The molecule has 0 bridgehead atoms. The zero-order chi connectivity index (χ0) is 17.1. The van der Waals surface area contributed by atoms with Crippen molar-refractivity contribution in [1.29, 1.82) is 0 Å². The Balaban J connectivity index is 2.09. The van der Waals surface area contributed by atoms with E-state index >= 15 is 0 Å². The van der Waals surface area contributed by atoms with Crippen molar-refractivity contribution in [2.45, 2.75) is 65.1 Å². The van der Waals surface area contributed by atoms with Crippen molar-refractivity contribution in [3.05, 3.63) is 0 Å². The van der Waals surface area contributed by atoms with Crippen LogP contribution in [0, 0.1) is 0 Å². The van der Waals surface area contributed by atoms with Crippen molar-refractivity contribution in [2.75, 3.05) is 46.1 Å². The van der Waals surface area contributed by atoms with Crippen molar-refractivity contribution in [3.63, 3.8) is 0 Å². The van der Waals surface area contributed by atoms with Gasteiger partial charge in [0.2, 0.25) is 0 Å². The van der Waals surface area contributed by atoms with E-state index in [1.165, 1.54) is 0 Å². The highest BCUT2D eigenvalue weighted by molar-refractivity contribution is 5.86. The van der Waals surface area contributed by atoms with E-state index in [4.69, 9.17) is 14.2 Å². The summed E-state index contributed by atoms with van der Waals surface area (Å²) in [4.78, 5) is 14.6. The molecule has 1 saturated heterocycles. The first-order valence-corrected chi connectivity index (χ1v) is 9.01. The Morgan fingerprint density at radius 1 is 1.13 bits per heavy atom. The molecule has 0 aromatic heterocycles. The molecule has 136 valence electrons. The summed E-state index contributed by atoms with van der Waals surface area (Å²) in [5, 5.41) is 0. The number of carbonyl (C=O) groups is 1. The summed E-state index contributed by atoms with van der Waals surface area (Å²) < 4.78 is 16.7. The fourth-order valence-electron chi connectivity index (χ4n) is 2.52. The number of unbranched alkanes of at least 4 members (excludes halogenated alkanes) is 2. The summed E-state index contributed by atoms with van der Waals surface area (Å²) >= 11 is 0. The van der Waals surface area contributed by atoms with Crippen LogP contribution in [0.3, 0.4) is 0 Å². The Kier molecular flexibility index (Phi) is 9.95. The molecular formula is C18H35NO4. The molecule has 0 radical (unpaired) electrons. The minimum atomic E-state index is -0.680. The molecule has 1 aliphatic heterocycles. The molecule has 0 aromatic rings. The van der Waals surface area contributed by atoms with Crippen molar-refractivity contribution in [2.24, 2.45) is 0 Å². The Morgan fingerprint density at radius 2 is 1.83 bits per heavy atom. The number of hydrogen-bond acceptors (Lipinski definition) is 5. The van der Waals surface area contributed by atoms with Gasteiger partial charge in [-0.2, -0.15) is 0 Å². The van der Waals surface area contributed by atoms with Gasteiger partial charge in [-0.25, -0.2) is 0 Å². The third-order valence-corrected chi connectivity index (χ3v) is 4.14. The number of ketones is 1. The van der Waals surface area contributed by atoms with E-state index in [-0.39, 0.29) is 11.9 Å². The van der Waals surface area contributed by atoms with Gasteiger partial charge in [0.15, 0.2) is 5.78 Å². The number of carbonyl (C=O) groups excluding carboxylic acids is 1. The van der Waals surface area contributed by atoms with Crippen molar-refractivity contribution in [1.82, 2.24) is 4.90 Å². The average Bonchev–Trinajstić information content (AvgIpc) is 2.51. The van der Waals surface area contributed by atoms with E-state index in [2.05, 4.69) is 4.90 Å². The maximum absolute atomic E-state index is 12.3. The SMILES string of the molecule is CC(C)OCCCCCC(=O)C(C)(C)OCCN1CCOCC1. The van der Waals surface area contributed by atoms with E-state index in [1.54, 1.807) is 0 Å². The third-order valence-electron chi connectivity index (χ3n) is 4.14. The number of rotatable bonds is 12. The van der Waals surface area contributed by atoms with Crippen LogP contribution in [-0.2, 0) is 19.0 Å². The van der Waals surface area contributed by atoms with Crippen LogP contribution in [0.5, 0.6) is 0 Å². The summed E-state index contributed by atoms with van der Waals surface area (Å²) in [5.74, 6) is 0.198. The van der Waals surface area contributed by atoms with E-state index in [0.717, 1.165) is 58.7 Å². The molecule has 0 aliphatic carbocycles. The molecule has 0 amide bonds. The van der Waals surface area contributed by atoms with E-state index in [9.17, 15) is 4.79 Å². The van der Waals surface area contributed by atoms with Gasteiger partial charge in [-0.05, 0) is 40.5 Å². The highest BCUT2D eigenvalue weighted by atomic mass is 16.5. The molecule has 1 heterocycles. The number of morpholine rings is 1. The maximum atomic E-state index is 12.3. The Labute approximate surface area is 141 Å². The van der Waals surface area contributed by atoms with Crippen LogP contribution in [0.25, 0.3) is 0 Å². The standard InChI is InChI=1S/C18H35NO4/c1-16(2)22-12-7-5-6-8-17(20)18(3,4)23-15-11-19-9-13-21-14-10-19/h16H,5-15H2,1-4H3. The smallest absolute Gasteiger partial charge is 0.164 e. The number of ether oxygens (including phenoxy) is 3. The summed E-state index contributed by atoms with van der Waals surface area (Å²) in [7, 11) is 0. The van der Waals surface area contributed by atoms with Gasteiger partial charge < -0.3 is 14.2 Å². The number of Topliss-reactive ketones (excluding diaryl/α,β-unsaturated/α-hetero) is 1. The fourth-order valence-corrected chi connectivity index (χ4v) is 2.52. The predicted octanol–water partition coefficient (Wildman–Crippen LogP) is 2.67. The molecular weight excluding hydrogens is 294 g/mol. The monoisotopic (exact) mass is 329 g/mol. The lowest BCUT2D eigenvalue weighted by molar-refractivity contribution is -0.141. The van der Waals surface area contributed by atoms with Crippen LogP contribution in [0.15, 0.2) is 0 Å². The Bertz CT molecular complexity index is 325. The van der Waals surface area contributed by atoms with Crippen LogP contribution in [0.2, 0.25) is 0 Å². The molecule has 0 unspecified atom stereocenters. The molecule has 0 saturated carbocycles. The molecule has 5 heteroatoms. The van der Waals surface area contributed by atoms with Crippen molar-refractivity contribution < 1.29 is 19.0 Å². The third kappa shape index (κ3) is 9.40. The average molecular weight is 329 g/mol. The van der Waals surface area contributed by atoms with Crippen molar-refractivity contribution >= 4 is 5.78 Å². The minimum absolute atomic E-state index is 0.198. The van der Waals surface area contributed by atoms with Gasteiger partial charge in [0.25, 0.3) is 0 Å². The van der Waals surface area contributed by atoms with E-state index in [0.29, 0.717) is 13.0 Å². The highest BCUT2D eigenvalue weighted by Crippen LogP contribution is 2.16. The summed E-state index contributed by atoms with van der Waals surface area (Å²) in [6.45, 7) is 13.6. The van der Waals surface area contributed by atoms with Crippen LogP contribution in [0.1, 0.15) is 53.4 Å². The second-order valence-corrected chi connectivity index (χ2v) is 6.97. The van der Waals surface area contributed by atoms with Gasteiger partial charge in [-0.3, -0.25) is 9.69 Å². The molecule has 1 fully saturated rings. The van der Waals surface area contributed by atoms with Gasteiger partial charge in [-0.15, -0.1) is 0 Å². The van der Waals surface area contributed by atoms with Gasteiger partial charge in [-0.1, -0.05) is 6.42 Å². The van der Waals surface area contributed by atoms with Crippen molar-refractivity contribution in [3.8, 4) is 0 Å². The molecule has 0 atom stereocenters. The first-order valence-electron chi connectivity index (χ1n) is 9.01. The minimum Gasteiger partial charge on any atom is -0.379 e. The fraction of sp³-hybridized carbons (Fsp3) is 0.944. The van der Waals surface area contributed by atoms with E-state index < -0.39 is 5.60 Å². The normalized spacial score (nSPS) is 16.9. The molecule has 0 N–H and O–H groups in total. The van der Waals surface area contributed by atoms with Crippen LogP contribution in [-0.4, -0.2) is 68.4 Å². The highest BCUT2D eigenvalue weighted by Gasteiger charge is 2.27. The lowest BCUT2D eigenvalue weighted by atomic mass is 9.98. The summed E-state index contributed by atoms with van der Waals surface area (Å²) in [5.41, 5.74) is -0.680. The van der Waals surface area contributed by atoms with Gasteiger partial charge in [0.1, 0.15) is 5.60 Å².